The molecule has 0 spiro atoms. The van der Waals surface area contributed by atoms with E-state index in [1.807, 2.05) is 0 Å². The van der Waals surface area contributed by atoms with Crippen LogP contribution in [0.3, 0.4) is 0 Å². The molecule has 0 radical (unpaired) electrons. The van der Waals surface area contributed by atoms with Crippen molar-refractivity contribution < 1.29 is 35.8 Å². The Morgan fingerprint density at radius 3 is 1.39 bits per heavy atom. The topological polar surface area (TPSA) is 146 Å². The second-order valence-corrected chi connectivity index (χ2v) is 13.1. The van der Waals surface area contributed by atoms with E-state index in [1.165, 1.54) is 33.6 Å². The van der Waals surface area contributed by atoms with Gasteiger partial charge in [-0.05, 0) is 74.2 Å². The zero-order valence-electron chi connectivity index (χ0n) is 28.9. The Morgan fingerprint density at radius 2 is 1.04 bits per heavy atom. The Balaban J connectivity index is 0.000000167. The van der Waals surface area contributed by atoms with Crippen LogP contribution in [0.15, 0.2) is 82.9 Å². The molecule has 4 aromatic heterocycles. The number of hydrogen-bond acceptors (Lipinski definition) is 8. The van der Waals surface area contributed by atoms with E-state index in [0.717, 1.165) is 24.3 Å². The quantitative estimate of drug-likeness (QED) is 0.204. The van der Waals surface area contributed by atoms with Gasteiger partial charge in [-0.3, -0.25) is 9.59 Å². The summed E-state index contributed by atoms with van der Waals surface area (Å²) in [5, 5.41) is 8.46. The third kappa shape index (κ3) is 6.73. The molecule has 0 fully saturated rings. The summed E-state index contributed by atoms with van der Waals surface area (Å²) < 4.78 is 92.2. The Labute approximate surface area is 301 Å². The van der Waals surface area contributed by atoms with E-state index in [4.69, 9.17) is 9.47 Å². The van der Waals surface area contributed by atoms with Gasteiger partial charge in [0, 0.05) is 35.7 Å². The van der Waals surface area contributed by atoms with E-state index in [-0.39, 0.29) is 24.3 Å². The fourth-order valence-electron chi connectivity index (χ4n) is 6.54. The fraction of sp³-hybridized carbons (Fsp3) is 0.278. The highest BCUT2D eigenvalue weighted by molar-refractivity contribution is 5.46. The maximum absolute atomic E-state index is 12.9. The van der Waals surface area contributed by atoms with Gasteiger partial charge in [0.2, 0.25) is 0 Å². The molecule has 8 rings (SSSR count). The van der Waals surface area contributed by atoms with Crippen LogP contribution < -0.4 is 11.1 Å². The minimum Gasteiger partial charge on any atom is -0.361 e. The standard InChI is InChI=1S/2C18H15F3N4O2/c2*1-10-23-15(6-16(26)24-10)25-8-13(7-22-25)17(2)14-4-3-12(18(19,20)21)5-11(14)9-27-17/h2*3-8H,9H2,1-2H3,(H,23,24,26)/t2*17-/m10/s1. The summed E-state index contributed by atoms with van der Waals surface area (Å²) in [6, 6.07) is 9.85. The largest absolute Gasteiger partial charge is 0.416 e. The first kappa shape index (κ1) is 36.5. The molecule has 12 nitrogen and oxygen atoms in total. The van der Waals surface area contributed by atoms with Crippen LogP contribution >= 0.6 is 0 Å². The molecule has 280 valence electrons. The lowest BCUT2D eigenvalue weighted by Crippen LogP contribution is -2.22. The molecule has 0 saturated heterocycles. The lowest BCUT2D eigenvalue weighted by molar-refractivity contribution is -0.138. The molecular weight excluding hydrogens is 722 g/mol. The van der Waals surface area contributed by atoms with Crippen molar-refractivity contribution >= 4 is 0 Å². The number of alkyl halides is 6. The smallest absolute Gasteiger partial charge is 0.361 e. The van der Waals surface area contributed by atoms with Crippen molar-refractivity contribution in [1.29, 1.82) is 0 Å². The molecule has 18 heteroatoms. The average molecular weight is 753 g/mol. The summed E-state index contributed by atoms with van der Waals surface area (Å²) >= 11 is 0. The summed E-state index contributed by atoms with van der Waals surface area (Å²) in [5.41, 5.74) is -0.277. The first-order valence-electron chi connectivity index (χ1n) is 16.3. The zero-order chi connectivity index (χ0) is 38.8. The van der Waals surface area contributed by atoms with Crippen molar-refractivity contribution in [3.8, 4) is 11.6 Å². The first-order valence-corrected chi connectivity index (χ1v) is 16.3. The first-order chi connectivity index (χ1) is 25.3. The highest BCUT2D eigenvalue weighted by atomic mass is 19.4. The highest BCUT2D eigenvalue weighted by Gasteiger charge is 2.42. The van der Waals surface area contributed by atoms with Crippen LogP contribution in [0, 0.1) is 13.8 Å². The van der Waals surface area contributed by atoms with Crippen molar-refractivity contribution in [2.24, 2.45) is 0 Å². The van der Waals surface area contributed by atoms with Crippen LogP contribution in [0.2, 0.25) is 0 Å². The number of nitrogens with one attached hydrogen (secondary N) is 2. The van der Waals surface area contributed by atoms with E-state index in [1.54, 1.807) is 52.5 Å². The normalized spacial score (nSPS) is 19.3. The number of halogens is 6. The SMILES string of the molecule is Cc1nc(-n2cc([C@@]3(C)OCc4cc(C(F)(F)F)ccc43)cn2)cc(=O)[nH]1.Cc1nc(-n2cc([C@]3(C)OCc4cc(C(F)(F)F)ccc43)cn2)cc(=O)[nH]1. The number of hydrogen-bond donors (Lipinski definition) is 2. The Hall–Kier alpha value is -5.88. The molecule has 2 aromatic carbocycles. The van der Waals surface area contributed by atoms with E-state index in [9.17, 15) is 35.9 Å². The van der Waals surface area contributed by atoms with Gasteiger partial charge in [0.25, 0.3) is 11.1 Å². The Kier molecular flexibility index (Phi) is 8.72. The maximum Gasteiger partial charge on any atom is 0.416 e. The third-order valence-electron chi connectivity index (χ3n) is 9.36. The van der Waals surface area contributed by atoms with Gasteiger partial charge >= 0.3 is 12.4 Å². The lowest BCUT2D eigenvalue weighted by atomic mass is 9.88. The molecule has 0 saturated carbocycles. The van der Waals surface area contributed by atoms with Crippen molar-refractivity contribution in [2.75, 3.05) is 0 Å². The number of benzene rings is 2. The summed E-state index contributed by atoms with van der Waals surface area (Å²) in [6.45, 7) is 7.02. The Bertz CT molecular complexity index is 2350. The van der Waals surface area contributed by atoms with Gasteiger partial charge in [-0.15, -0.1) is 0 Å². The molecule has 0 unspecified atom stereocenters. The zero-order valence-corrected chi connectivity index (χ0v) is 28.9. The molecule has 0 bridgehead atoms. The second-order valence-electron chi connectivity index (χ2n) is 13.1. The van der Waals surface area contributed by atoms with Gasteiger partial charge in [-0.1, -0.05) is 12.1 Å². The number of aromatic nitrogens is 8. The molecule has 54 heavy (non-hydrogen) atoms. The second kappa shape index (κ2) is 12.9. The predicted molar refractivity (Wildman–Crippen MR) is 179 cm³/mol. The number of ether oxygens (including phenoxy) is 2. The van der Waals surface area contributed by atoms with Gasteiger partial charge in [0.15, 0.2) is 11.6 Å². The Morgan fingerprint density at radius 1 is 0.648 bits per heavy atom. The average Bonchev–Trinajstić information content (AvgIpc) is 3.90. The van der Waals surface area contributed by atoms with E-state index >= 15 is 0 Å². The third-order valence-corrected chi connectivity index (χ3v) is 9.36. The number of fused-ring (bicyclic) bond motifs is 2. The molecule has 2 aliphatic rings. The molecule has 6 heterocycles. The van der Waals surface area contributed by atoms with Gasteiger partial charge in [0.1, 0.15) is 22.9 Å². The highest BCUT2D eigenvalue weighted by Crippen LogP contribution is 2.45. The number of H-pyrrole nitrogens is 2. The van der Waals surface area contributed by atoms with Crippen LogP contribution in [0.1, 0.15) is 70.0 Å². The minimum atomic E-state index is -4.40. The number of aryl methyl sites for hydroxylation is 2. The number of rotatable bonds is 4. The summed E-state index contributed by atoms with van der Waals surface area (Å²) in [5.74, 6) is 1.58. The van der Waals surface area contributed by atoms with Gasteiger partial charge in [-0.2, -0.15) is 36.5 Å². The minimum absolute atomic E-state index is 0.0727. The van der Waals surface area contributed by atoms with E-state index in [0.29, 0.717) is 56.7 Å². The fourth-order valence-corrected chi connectivity index (χ4v) is 6.54. The van der Waals surface area contributed by atoms with Crippen molar-refractivity contribution in [3.63, 3.8) is 0 Å². The molecule has 2 aliphatic heterocycles. The lowest BCUT2D eigenvalue weighted by Gasteiger charge is -2.23. The number of nitrogens with zero attached hydrogens (tertiary/aromatic N) is 6. The summed E-state index contributed by atoms with van der Waals surface area (Å²) in [6.07, 6.45) is -2.36. The number of aromatic amines is 2. The van der Waals surface area contributed by atoms with E-state index in [2.05, 4.69) is 30.1 Å². The summed E-state index contributed by atoms with van der Waals surface area (Å²) in [7, 11) is 0. The van der Waals surface area contributed by atoms with Crippen LogP contribution in [0.25, 0.3) is 11.6 Å². The summed E-state index contributed by atoms with van der Waals surface area (Å²) in [4.78, 5) is 36.8. The van der Waals surface area contributed by atoms with Crippen molar-refractivity contribution in [1.82, 2.24) is 39.5 Å². The van der Waals surface area contributed by atoms with Gasteiger partial charge < -0.3 is 19.4 Å². The molecule has 6 aromatic rings. The van der Waals surface area contributed by atoms with Crippen molar-refractivity contribution in [2.45, 2.75) is 64.5 Å². The van der Waals surface area contributed by atoms with Gasteiger partial charge in [-0.25, -0.2) is 19.3 Å². The molecule has 0 amide bonds. The molecule has 2 N–H and O–H groups in total. The van der Waals surface area contributed by atoms with Crippen LogP contribution in [-0.2, 0) is 46.2 Å². The molecule has 0 aliphatic carbocycles. The van der Waals surface area contributed by atoms with E-state index < -0.39 is 34.7 Å². The molecular formula is C36H30F6N8O4. The van der Waals surface area contributed by atoms with Crippen molar-refractivity contribution in [3.05, 3.63) is 150 Å². The van der Waals surface area contributed by atoms with Crippen LogP contribution in [0.5, 0.6) is 0 Å². The van der Waals surface area contributed by atoms with Gasteiger partial charge in [0.05, 0.1) is 36.7 Å². The van der Waals surface area contributed by atoms with Crippen LogP contribution in [-0.4, -0.2) is 39.5 Å². The monoisotopic (exact) mass is 752 g/mol. The predicted octanol–water partition coefficient (Wildman–Crippen LogP) is 6.15. The maximum atomic E-state index is 12.9. The van der Waals surface area contributed by atoms with Crippen LogP contribution in [0.4, 0.5) is 26.3 Å². The molecule has 2 atom stereocenters.